The highest BCUT2D eigenvalue weighted by Gasteiger charge is 2.25. The summed E-state index contributed by atoms with van der Waals surface area (Å²) in [4.78, 5) is 14.7. The Bertz CT molecular complexity index is 558. The van der Waals surface area contributed by atoms with Crippen LogP contribution in [0.2, 0.25) is 0 Å². The Morgan fingerprint density at radius 1 is 1.38 bits per heavy atom. The van der Waals surface area contributed by atoms with E-state index in [1.165, 1.54) is 12.3 Å². The van der Waals surface area contributed by atoms with Crippen molar-refractivity contribution in [1.82, 2.24) is 4.98 Å². The molecule has 0 saturated carbocycles. The predicted molar refractivity (Wildman–Crippen MR) is 78.6 cm³/mol. The lowest BCUT2D eigenvalue weighted by atomic mass is 9.83. The first kappa shape index (κ1) is 15.5. The van der Waals surface area contributed by atoms with Crippen LogP contribution < -0.4 is 4.74 Å². The topological polar surface area (TPSA) is 79.7 Å². The number of aromatic hydroxyl groups is 1. The van der Waals surface area contributed by atoms with E-state index in [0.717, 1.165) is 36.8 Å². The van der Waals surface area contributed by atoms with Crippen molar-refractivity contribution >= 4 is 6.29 Å². The number of hydrogen-bond acceptors (Lipinski definition) is 5. The van der Waals surface area contributed by atoms with Crippen molar-refractivity contribution in [2.24, 2.45) is 0 Å². The van der Waals surface area contributed by atoms with Crippen LogP contribution in [0.3, 0.4) is 0 Å². The first-order valence-electron chi connectivity index (χ1n) is 7.12. The van der Waals surface area contributed by atoms with E-state index in [1.807, 2.05) is 0 Å². The lowest BCUT2D eigenvalue weighted by molar-refractivity contribution is 0.109. The molecule has 0 atom stereocenters. The molecule has 1 aliphatic carbocycles. The number of ether oxygens (including phenoxy) is 1. The van der Waals surface area contributed by atoms with Crippen LogP contribution in [0, 0.1) is 0 Å². The molecular formula is C16H21NO4. The molecule has 21 heavy (non-hydrogen) atoms. The number of aldehydes is 1. The van der Waals surface area contributed by atoms with Gasteiger partial charge in [-0.1, -0.05) is 0 Å². The van der Waals surface area contributed by atoms with Gasteiger partial charge in [-0.05, 0) is 50.7 Å². The van der Waals surface area contributed by atoms with Gasteiger partial charge in [0, 0.05) is 6.07 Å². The van der Waals surface area contributed by atoms with E-state index in [4.69, 9.17) is 4.74 Å². The Labute approximate surface area is 124 Å². The molecule has 0 saturated heterocycles. The largest absolute Gasteiger partial charge is 0.493 e. The van der Waals surface area contributed by atoms with Gasteiger partial charge in [0.2, 0.25) is 5.88 Å². The molecule has 114 valence electrons. The van der Waals surface area contributed by atoms with Crippen molar-refractivity contribution in [3.8, 4) is 11.6 Å². The standard InChI is InChI=1S/C16H21NO4/c1-16(2,20)13-6-4-3-5-11(13)10-21-14-8-17-15(19)7-12(14)9-18/h7-9,20H,3-6,10H2,1-2H3,(H,17,19). The fourth-order valence-corrected chi connectivity index (χ4v) is 2.69. The lowest BCUT2D eigenvalue weighted by Gasteiger charge is -2.29. The second kappa shape index (κ2) is 6.26. The molecule has 0 unspecified atom stereocenters. The van der Waals surface area contributed by atoms with Gasteiger partial charge in [0.1, 0.15) is 12.4 Å². The molecule has 1 heterocycles. The van der Waals surface area contributed by atoms with Crippen molar-refractivity contribution in [1.29, 1.82) is 0 Å². The molecule has 1 aromatic heterocycles. The summed E-state index contributed by atoms with van der Waals surface area (Å²) in [6.45, 7) is 3.89. The van der Waals surface area contributed by atoms with Crippen molar-refractivity contribution in [2.75, 3.05) is 6.61 Å². The molecule has 5 heteroatoms. The van der Waals surface area contributed by atoms with Gasteiger partial charge in [-0.2, -0.15) is 0 Å². The first-order valence-corrected chi connectivity index (χ1v) is 7.12. The number of carbonyl (C=O) groups is 1. The van der Waals surface area contributed by atoms with Gasteiger partial charge in [-0.3, -0.25) is 4.79 Å². The molecule has 1 aromatic rings. The fourth-order valence-electron chi connectivity index (χ4n) is 2.69. The number of aromatic nitrogens is 1. The Balaban J connectivity index is 2.18. The maximum Gasteiger partial charge on any atom is 0.211 e. The van der Waals surface area contributed by atoms with E-state index >= 15 is 0 Å². The van der Waals surface area contributed by atoms with E-state index < -0.39 is 5.60 Å². The lowest BCUT2D eigenvalue weighted by Crippen LogP contribution is -2.27. The first-order chi connectivity index (χ1) is 9.91. The SMILES string of the molecule is CC(C)(O)C1=C(COc2cnc(O)cc2C=O)CCCC1. The smallest absolute Gasteiger partial charge is 0.211 e. The summed E-state index contributed by atoms with van der Waals surface area (Å²) in [5.41, 5.74) is 1.52. The van der Waals surface area contributed by atoms with Crippen molar-refractivity contribution in [3.63, 3.8) is 0 Å². The third-order valence-electron chi connectivity index (χ3n) is 3.73. The van der Waals surface area contributed by atoms with Gasteiger partial charge in [0.15, 0.2) is 6.29 Å². The minimum atomic E-state index is -0.847. The van der Waals surface area contributed by atoms with Crippen molar-refractivity contribution < 1.29 is 19.7 Å². The fraction of sp³-hybridized carbons (Fsp3) is 0.500. The zero-order valence-electron chi connectivity index (χ0n) is 12.4. The predicted octanol–water partition coefficient (Wildman–Crippen LogP) is 2.62. The Kier molecular flexibility index (Phi) is 4.63. The van der Waals surface area contributed by atoms with Crippen LogP contribution >= 0.6 is 0 Å². The molecular weight excluding hydrogens is 270 g/mol. The molecule has 0 aliphatic heterocycles. The van der Waals surface area contributed by atoms with E-state index in [0.29, 0.717) is 18.6 Å². The summed E-state index contributed by atoms with van der Waals surface area (Å²) in [5, 5.41) is 19.5. The highest BCUT2D eigenvalue weighted by atomic mass is 16.5. The van der Waals surface area contributed by atoms with E-state index in [9.17, 15) is 15.0 Å². The summed E-state index contributed by atoms with van der Waals surface area (Å²) in [5.74, 6) is 0.134. The Morgan fingerprint density at radius 3 is 2.76 bits per heavy atom. The molecule has 2 rings (SSSR count). The molecule has 2 N–H and O–H groups in total. The van der Waals surface area contributed by atoms with Crippen LogP contribution in [0.1, 0.15) is 49.9 Å². The van der Waals surface area contributed by atoms with Crippen LogP contribution in [-0.2, 0) is 0 Å². The maximum atomic E-state index is 11.0. The molecule has 0 spiro atoms. The van der Waals surface area contributed by atoms with E-state index in [1.54, 1.807) is 13.8 Å². The molecule has 0 fully saturated rings. The van der Waals surface area contributed by atoms with Crippen LogP contribution in [0.4, 0.5) is 0 Å². The van der Waals surface area contributed by atoms with Crippen LogP contribution in [0.25, 0.3) is 0 Å². The maximum absolute atomic E-state index is 11.0. The molecule has 0 aromatic carbocycles. The highest BCUT2D eigenvalue weighted by Crippen LogP contribution is 2.32. The molecule has 0 bridgehead atoms. The van der Waals surface area contributed by atoms with Gasteiger partial charge in [-0.25, -0.2) is 4.98 Å². The summed E-state index contributed by atoms with van der Waals surface area (Å²) in [7, 11) is 0. The van der Waals surface area contributed by atoms with Gasteiger partial charge >= 0.3 is 0 Å². The molecule has 5 nitrogen and oxygen atoms in total. The number of hydrogen-bond donors (Lipinski definition) is 2. The number of aliphatic hydroxyl groups is 1. The van der Waals surface area contributed by atoms with Gasteiger partial charge in [-0.15, -0.1) is 0 Å². The number of nitrogens with zero attached hydrogens (tertiary/aromatic N) is 1. The zero-order chi connectivity index (χ0) is 15.5. The number of rotatable bonds is 5. The summed E-state index contributed by atoms with van der Waals surface area (Å²) in [6.07, 6.45) is 5.88. The molecule has 0 radical (unpaired) electrons. The molecule has 0 amide bonds. The van der Waals surface area contributed by atoms with Gasteiger partial charge in [0.05, 0.1) is 17.4 Å². The Morgan fingerprint density at radius 2 is 2.10 bits per heavy atom. The quantitative estimate of drug-likeness (QED) is 0.644. The average Bonchev–Trinajstić information content (AvgIpc) is 2.45. The van der Waals surface area contributed by atoms with Gasteiger partial charge < -0.3 is 14.9 Å². The summed E-state index contributed by atoms with van der Waals surface area (Å²) >= 11 is 0. The third kappa shape index (κ3) is 3.82. The van der Waals surface area contributed by atoms with Crippen molar-refractivity contribution in [2.45, 2.75) is 45.1 Å². The monoisotopic (exact) mass is 291 g/mol. The van der Waals surface area contributed by atoms with Crippen LogP contribution in [0.15, 0.2) is 23.4 Å². The van der Waals surface area contributed by atoms with Gasteiger partial charge in [0.25, 0.3) is 0 Å². The third-order valence-corrected chi connectivity index (χ3v) is 3.73. The van der Waals surface area contributed by atoms with E-state index in [2.05, 4.69) is 4.98 Å². The number of pyridine rings is 1. The average molecular weight is 291 g/mol. The highest BCUT2D eigenvalue weighted by molar-refractivity contribution is 5.79. The van der Waals surface area contributed by atoms with E-state index in [-0.39, 0.29) is 11.4 Å². The van der Waals surface area contributed by atoms with Crippen molar-refractivity contribution in [3.05, 3.63) is 29.0 Å². The normalized spacial score (nSPS) is 16.0. The minimum absolute atomic E-state index is 0.210. The zero-order valence-corrected chi connectivity index (χ0v) is 12.4. The Hall–Kier alpha value is -1.88. The second-order valence-electron chi connectivity index (χ2n) is 5.84. The van der Waals surface area contributed by atoms with Crippen LogP contribution in [-0.4, -0.2) is 33.7 Å². The summed E-state index contributed by atoms with van der Waals surface area (Å²) in [6, 6.07) is 1.27. The van der Waals surface area contributed by atoms with Crippen LogP contribution in [0.5, 0.6) is 11.6 Å². The number of carbonyl (C=O) groups excluding carboxylic acids is 1. The second-order valence-corrected chi connectivity index (χ2v) is 5.84. The molecule has 1 aliphatic rings. The summed E-state index contributed by atoms with van der Waals surface area (Å²) < 4.78 is 5.67. The minimum Gasteiger partial charge on any atom is -0.493 e.